The molecule has 2 amide bonds. The van der Waals surface area contributed by atoms with E-state index in [2.05, 4.69) is 5.32 Å². The number of carbonyl (C=O) groups is 3. The molecule has 1 fully saturated rings. The highest BCUT2D eigenvalue weighted by Crippen LogP contribution is 2.39. The predicted molar refractivity (Wildman–Crippen MR) is 164 cm³/mol. The van der Waals surface area contributed by atoms with Crippen molar-refractivity contribution in [1.82, 2.24) is 10.2 Å². The summed E-state index contributed by atoms with van der Waals surface area (Å²) in [6.07, 6.45) is 3.85. The van der Waals surface area contributed by atoms with E-state index in [9.17, 15) is 22.8 Å². The number of aryl methyl sites for hydroxylation is 1. The van der Waals surface area contributed by atoms with Crippen molar-refractivity contribution in [3.05, 3.63) is 42.0 Å². The van der Waals surface area contributed by atoms with Crippen LogP contribution in [0.3, 0.4) is 0 Å². The first-order valence-electron chi connectivity index (χ1n) is 14.4. The fourth-order valence-electron chi connectivity index (χ4n) is 4.88. The normalized spacial score (nSPS) is 21.0. The Bertz CT molecular complexity index is 1220. The Morgan fingerprint density at radius 3 is 2.09 bits per heavy atom. The number of nitrogens with zero attached hydrogens (tertiary/aromatic N) is 1. The summed E-state index contributed by atoms with van der Waals surface area (Å²) in [6, 6.07) is 3.99. The maximum Gasteiger partial charge on any atom is 0.411 e. The molecule has 0 spiro atoms. The lowest BCUT2D eigenvalue weighted by molar-refractivity contribution is -0.153. The molecule has 0 radical (unpaired) electrons. The minimum atomic E-state index is -4.02. The van der Waals surface area contributed by atoms with Gasteiger partial charge in [-0.05, 0) is 80.4 Å². The van der Waals surface area contributed by atoms with Crippen molar-refractivity contribution in [2.45, 2.75) is 122 Å². The monoisotopic (exact) mass is 626 g/mol. The Labute approximate surface area is 257 Å². The van der Waals surface area contributed by atoms with Crippen LogP contribution < -0.4 is 5.32 Å². The van der Waals surface area contributed by atoms with Gasteiger partial charge in [0.1, 0.15) is 11.6 Å². The molecule has 1 heterocycles. The maximum absolute atomic E-state index is 13.4. The summed E-state index contributed by atoms with van der Waals surface area (Å²) in [5, 5.41) is 3.00. The molecule has 2 rings (SSSR count). The molecule has 1 aromatic carbocycles. The van der Waals surface area contributed by atoms with Crippen LogP contribution in [-0.4, -0.2) is 78.4 Å². The summed E-state index contributed by atoms with van der Waals surface area (Å²) in [5.74, 6) is -0.946. The van der Waals surface area contributed by atoms with E-state index in [1.807, 2.05) is 39.8 Å². The van der Waals surface area contributed by atoms with E-state index in [-0.39, 0.29) is 22.8 Å². The van der Waals surface area contributed by atoms with E-state index in [0.29, 0.717) is 12.8 Å². The molecule has 1 aliphatic heterocycles. The summed E-state index contributed by atoms with van der Waals surface area (Å²) >= 11 is 0. The molecule has 0 bridgehead atoms. The molecular weight excluding hydrogens is 576 g/mol. The van der Waals surface area contributed by atoms with Crippen LogP contribution in [0, 0.1) is 12.8 Å². The van der Waals surface area contributed by atoms with Gasteiger partial charge < -0.3 is 19.5 Å². The Balaban J connectivity index is 0.000000699. The van der Waals surface area contributed by atoms with Gasteiger partial charge in [0.15, 0.2) is 0 Å². The van der Waals surface area contributed by atoms with Crippen LogP contribution in [0.5, 0.6) is 0 Å². The number of amides is 2. The smallest absolute Gasteiger partial charge is 0.411 e. The second kappa shape index (κ2) is 15.7. The summed E-state index contributed by atoms with van der Waals surface area (Å²) in [6.45, 7) is 17.9. The van der Waals surface area contributed by atoms with Gasteiger partial charge in [-0.15, -0.1) is 0 Å². The highest BCUT2D eigenvalue weighted by Gasteiger charge is 2.55. The fraction of sp³-hybridized carbons (Fsp3) is 0.645. The molecule has 244 valence electrons. The number of methoxy groups -OCH3 is 1. The zero-order valence-corrected chi connectivity index (χ0v) is 28.2. The number of ether oxygens (including phenoxy) is 3. The van der Waals surface area contributed by atoms with E-state index < -0.39 is 51.5 Å². The molecule has 1 aliphatic rings. The van der Waals surface area contributed by atoms with Crippen molar-refractivity contribution in [2.24, 2.45) is 5.92 Å². The maximum atomic E-state index is 13.4. The lowest BCUT2D eigenvalue weighted by Crippen LogP contribution is -2.64. The van der Waals surface area contributed by atoms with Gasteiger partial charge in [-0.3, -0.25) is 14.2 Å². The predicted octanol–water partition coefficient (Wildman–Crippen LogP) is 5.07. The topological polar surface area (TPSA) is 149 Å². The van der Waals surface area contributed by atoms with E-state index in [1.165, 1.54) is 24.0 Å². The molecule has 0 aliphatic carbocycles. The minimum absolute atomic E-state index is 0.0666. The zero-order chi connectivity index (χ0) is 33.3. The van der Waals surface area contributed by atoms with Crippen LogP contribution in [0.25, 0.3) is 0 Å². The first-order chi connectivity index (χ1) is 19.7. The number of likely N-dealkylation sites (tertiary alicyclic amines) is 1. The standard InChI is InChI=1S/C24H42N2O6.C7H8O3S/c1-11-13-17-14-18(21(28)31-15(3)4)26(22(29)32-23(6,7)8)19(17)20(25-16(5)27)24(9,12-2)30-10;1-6-2-4-7(5-3-6)11(8,9)10/h11,13,15,17-20H,12,14H2,1-10H3,(H,25,27);2-5H,1H3,(H,8,9,10)/b13-11+;/t17-,18-,19-,20-,24+;/m1./s1. The Hall–Kier alpha value is -2.96. The van der Waals surface area contributed by atoms with Crippen LogP contribution in [0.2, 0.25) is 0 Å². The van der Waals surface area contributed by atoms with Gasteiger partial charge in [0.25, 0.3) is 10.1 Å². The van der Waals surface area contributed by atoms with Crippen molar-refractivity contribution in [1.29, 1.82) is 0 Å². The number of hydrogen-bond donors (Lipinski definition) is 2. The molecule has 43 heavy (non-hydrogen) atoms. The third-order valence-electron chi connectivity index (χ3n) is 7.10. The van der Waals surface area contributed by atoms with Crippen molar-refractivity contribution in [3.8, 4) is 0 Å². The van der Waals surface area contributed by atoms with Gasteiger partial charge >= 0.3 is 12.1 Å². The molecule has 2 N–H and O–H groups in total. The third-order valence-corrected chi connectivity index (χ3v) is 7.97. The summed E-state index contributed by atoms with van der Waals surface area (Å²) in [5.41, 5.74) is -0.587. The molecule has 5 atom stereocenters. The third kappa shape index (κ3) is 11.2. The van der Waals surface area contributed by atoms with Crippen LogP contribution in [-0.2, 0) is 33.9 Å². The van der Waals surface area contributed by atoms with E-state index in [0.717, 1.165) is 5.56 Å². The molecular formula is C31H50N2O9S. The highest BCUT2D eigenvalue weighted by molar-refractivity contribution is 7.85. The van der Waals surface area contributed by atoms with Crippen molar-refractivity contribution in [3.63, 3.8) is 0 Å². The summed E-state index contributed by atoms with van der Waals surface area (Å²) < 4.78 is 46.6. The zero-order valence-electron chi connectivity index (χ0n) is 27.3. The second-order valence-electron chi connectivity index (χ2n) is 12.1. The molecule has 0 saturated carbocycles. The van der Waals surface area contributed by atoms with E-state index >= 15 is 0 Å². The molecule has 1 aromatic rings. The SMILES string of the molecule is C/C=C/[C@@H]1C[C@H](C(=O)OC(C)C)N(C(=O)OC(C)(C)C)[C@H]1[C@@H](NC(C)=O)[C@](C)(CC)OC.Cc1ccc(S(=O)(=O)O)cc1. The average Bonchev–Trinajstić information content (AvgIpc) is 3.25. The van der Waals surface area contributed by atoms with Gasteiger partial charge in [0, 0.05) is 20.0 Å². The molecule has 12 heteroatoms. The van der Waals surface area contributed by atoms with Gasteiger partial charge in [-0.25, -0.2) is 9.59 Å². The molecule has 0 aromatic heterocycles. The van der Waals surface area contributed by atoms with Crippen molar-refractivity contribution >= 4 is 28.1 Å². The van der Waals surface area contributed by atoms with E-state index in [1.54, 1.807) is 53.9 Å². The molecule has 0 unspecified atom stereocenters. The number of nitrogens with one attached hydrogen (secondary N) is 1. The Kier molecular flexibility index (Phi) is 13.9. The largest absolute Gasteiger partial charge is 0.461 e. The van der Waals surface area contributed by atoms with E-state index in [4.69, 9.17) is 18.8 Å². The number of benzene rings is 1. The van der Waals surface area contributed by atoms with Gasteiger partial charge in [0.2, 0.25) is 5.91 Å². The molecule has 1 saturated heterocycles. The van der Waals surface area contributed by atoms with Gasteiger partial charge in [-0.2, -0.15) is 8.42 Å². The number of esters is 1. The first kappa shape index (κ1) is 38.1. The number of rotatable bonds is 9. The second-order valence-corrected chi connectivity index (χ2v) is 13.6. The summed E-state index contributed by atoms with van der Waals surface area (Å²) in [4.78, 5) is 40.1. The van der Waals surface area contributed by atoms with Crippen molar-refractivity contribution in [2.75, 3.05) is 7.11 Å². The summed E-state index contributed by atoms with van der Waals surface area (Å²) in [7, 11) is -2.44. The average molecular weight is 627 g/mol. The van der Waals surface area contributed by atoms with Crippen LogP contribution in [0.1, 0.15) is 80.7 Å². The number of carbonyl (C=O) groups excluding carboxylic acids is 3. The van der Waals surface area contributed by atoms with Crippen LogP contribution >= 0.6 is 0 Å². The lowest BCUT2D eigenvalue weighted by Gasteiger charge is -2.44. The van der Waals surface area contributed by atoms with Gasteiger partial charge in [0.05, 0.1) is 28.7 Å². The Morgan fingerprint density at radius 2 is 1.70 bits per heavy atom. The highest BCUT2D eigenvalue weighted by atomic mass is 32.2. The minimum Gasteiger partial charge on any atom is -0.461 e. The number of hydrogen-bond acceptors (Lipinski definition) is 8. The fourth-order valence-corrected chi connectivity index (χ4v) is 5.36. The first-order valence-corrected chi connectivity index (χ1v) is 15.9. The van der Waals surface area contributed by atoms with Crippen LogP contribution in [0.15, 0.2) is 41.3 Å². The quantitative estimate of drug-likeness (QED) is 0.218. The Morgan fingerprint density at radius 1 is 1.14 bits per heavy atom. The molecule has 11 nitrogen and oxygen atoms in total. The van der Waals surface area contributed by atoms with Crippen LogP contribution in [0.4, 0.5) is 4.79 Å². The van der Waals surface area contributed by atoms with Gasteiger partial charge in [-0.1, -0.05) is 36.8 Å². The number of allylic oxidation sites excluding steroid dienone is 1. The van der Waals surface area contributed by atoms with Crippen molar-refractivity contribution < 1.29 is 41.6 Å². The lowest BCUT2D eigenvalue weighted by atomic mass is 9.81.